The summed E-state index contributed by atoms with van der Waals surface area (Å²) < 4.78 is 0. The van der Waals surface area contributed by atoms with Crippen molar-refractivity contribution in [1.29, 1.82) is 0 Å². The van der Waals surface area contributed by atoms with E-state index in [1.807, 2.05) is 0 Å². The molecule has 1 heterocycles. The largest absolute Gasteiger partial charge is 0.157 e. The van der Waals surface area contributed by atoms with Crippen molar-refractivity contribution in [3.8, 4) is 0 Å². The summed E-state index contributed by atoms with van der Waals surface area (Å²) in [6.07, 6.45) is 8.51. The van der Waals surface area contributed by atoms with Gasteiger partial charge in [0.25, 0.3) is 0 Å². The second kappa shape index (κ2) is 3.99. The minimum absolute atomic E-state index is 1.04. The fraction of sp³-hybridized carbons (Fsp3) is 0.750. The Morgan fingerprint density at radius 2 is 2.44 bits per heavy atom. The Bertz CT molecular complexity index is 92.7. The molecule has 1 heteroatoms. The van der Waals surface area contributed by atoms with E-state index in [1.165, 1.54) is 25.0 Å². The molecule has 52 valence electrons. The highest BCUT2D eigenvalue weighted by atomic mass is 32.2. The Balaban J connectivity index is 1.81. The van der Waals surface area contributed by atoms with Gasteiger partial charge in [0.2, 0.25) is 0 Å². The molecule has 0 aromatic rings. The summed E-state index contributed by atoms with van der Waals surface area (Å²) in [4.78, 5) is 0. The average Bonchev–Trinajstić information content (AvgIpc) is 2.63. The van der Waals surface area contributed by atoms with Gasteiger partial charge in [-0.15, -0.1) is 0 Å². The molecule has 0 aliphatic carbocycles. The van der Waals surface area contributed by atoms with E-state index in [2.05, 4.69) is 30.8 Å². The molecular weight excluding hydrogens is 128 g/mol. The third kappa shape index (κ3) is 3.63. The lowest BCUT2D eigenvalue weighted by molar-refractivity contribution is 0.774. The van der Waals surface area contributed by atoms with Gasteiger partial charge in [0, 0.05) is 11.0 Å². The van der Waals surface area contributed by atoms with E-state index in [-0.39, 0.29) is 0 Å². The minimum Gasteiger partial charge on any atom is -0.157 e. The lowest BCUT2D eigenvalue weighted by Crippen LogP contribution is -1.80. The molecule has 0 bridgehead atoms. The highest BCUT2D eigenvalue weighted by Crippen LogP contribution is 2.34. The third-order valence-corrected chi connectivity index (χ3v) is 2.58. The Kier molecular flexibility index (Phi) is 3.20. The van der Waals surface area contributed by atoms with Crippen LogP contribution in [0.4, 0.5) is 0 Å². The number of hydrogen-bond acceptors (Lipinski definition) is 1. The summed E-state index contributed by atoms with van der Waals surface area (Å²) in [6, 6.07) is 0. The SMILES string of the molecule is CC=CCCCC1CS1. The van der Waals surface area contributed by atoms with Crippen LogP contribution in [0, 0.1) is 0 Å². The second-order valence-electron chi connectivity index (χ2n) is 2.46. The van der Waals surface area contributed by atoms with E-state index in [1.54, 1.807) is 0 Å². The van der Waals surface area contributed by atoms with Gasteiger partial charge in [-0.1, -0.05) is 12.2 Å². The maximum atomic E-state index is 2.26. The fourth-order valence-corrected chi connectivity index (χ4v) is 1.50. The van der Waals surface area contributed by atoms with Gasteiger partial charge in [-0.25, -0.2) is 0 Å². The van der Waals surface area contributed by atoms with Gasteiger partial charge in [-0.3, -0.25) is 0 Å². The number of hydrogen-bond donors (Lipinski definition) is 0. The van der Waals surface area contributed by atoms with E-state index in [0.29, 0.717) is 0 Å². The first-order valence-electron chi connectivity index (χ1n) is 3.66. The quantitative estimate of drug-likeness (QED) is 0.330. The molecule has 0 aromatic heterocycles. The van der Waals surface area contributed by atoms with E-state index in [4.69, 9.17) is 0 Å². The lowest BCUT2D eigenvalue weighted by atomic mass is 10.2. The molecule has 1 aliphatic heterocycles. The molecular formula is C8H14S. The van der Waals surface area contributed by atoms with Crippen molar-refractivity contribution in [1.82, 2.24) is 0 Å². The van der Waals surface area contributed by atoms with Gasteiger partial charge in [0.05, 0.1) is 0 Å². The van der Waals surface area contributed by atoms with Crippen LogP contribution in [0.2, 0.25) is 0 Å². The Hall–Kier alpha value is 0.0900. The number of rotatable bonds is 4. The van der Waals surface area contributed by atoms with Gasteiger partial charge in [-0.05, 0) is 26.2 Å². The highest BCUT2D eigenvalue weighted by Gasteiger charge is 2.20. The van der Waals surface area contributed by atoms with Crippen LogP contribution in [0.25, 0.3) is 0 Å². The molecule has 0 nitrogen and oxygen atoms in total. The molecule has 1 rings (SSSR count). The van der Waals surface area contributed by atoms with Crippen LogP contribution in [-0.4, -0.2) is 11.0 Å². The van der Waals surface area contributed by atoms with Crippen LogP contribution >= 0.6 is 11.8 Å². The lowest BCUT2D eigenvalue weighted by Gasteiger charge is -1.89. The summed E-state index contributed by atoms with van der Waals surface area (Å²) in [5, 5.41) is 1.04. The van der Waals surface area contributed by atoms with Crippen LogP contribution < -0.4 is 0 Å². The van der Waals surface area contributed by atoms with E-state index in [0.717, 1.165) is 5.25 Å². The standard InChI is InChI=1S/C8H14S/c1-2-3-4-5-6-8-7-9-8/h2-3,8H,4-7H2,1H3. The first-order valence-corrected chi connectivity index (χ1v) is 4.71. The smallest absolute Gasteiger partial charge is 0.0138 e. The normalized spacial score (nSPS) is 25.2. The van der Waals surface area contributed by atoms with Gasteiger partial charge >= 0.3 is 0 Å². The molecule has 1 atom stereocenters. The predicted molar refractivity (Wildman–Crippen MR) is 44.9 cm³/mol. The van der Waals surface area contributed by atoms with Gasteiger partial charge in [0.15, 0.2) is 0 Å². The third-order valence-electron chi connectivity index (χ3n) is 1.53. The van der Waals surface area contributed by atoms with Crippen molar-refractivity contribution in [2.75, 3.05) is 5.75 Å². The molecule has 1 aliphatic rings. The maximum Gasteiger partial charge on any atom is 0.0138 e. The number of thioether (sulfide) groups is 1. The molecule has 0 N–H and O–H groups in total. The van der Waals surface area contributed by atoms with Crippen LogP contribution in [0.3, 0.4) is 0 Å². The number of unbranched alkanes of at least 4 members (excludes halogenated alkanes) is 1. The minimum atomic E-state index is 1.04. The van der Waals surface area contributed by atoms with Crippen molar-refractivity contribution in [3.63, 3.8) is 0 Å². The molecule has 9 heavy (non-hydrogen) atoms. The first kappa shape index (κ1) is 7.20. The van der Waals surface area contributed by atoms with Gasteiger partial charge in [-0.2, -0.15) is 11.8 Å². The molecule has 0 aromatic carbocycles. The van der Waals surface area contributed by atoms with E-state index in [9.17, 15) is 0 Å². The summed E-state index contributed by atoms with van der Waals surface area (Å²) in [7, 11) is 0. The van der Waals surface area contributed by atoms with Crippen molar-refractivity contribution in [2.45, 2.75) is 31.4 Å². The van der Waals surface area contributed by atoms with E-state index < -0.39 is 0 Å². The molecule has 1 unspecified atom stereocenters. The van der Waals surface area contributed by atoms with Crippen molar-refractivity contribution in [2.24, 2.45) is 0 Å². The van der Waals surface area contributed by atoms with Crippen molar-refractivity contribution in [3.05, 3.63) is 12.2 Å². The van der Waals surface area contributed by atoms with Crippen LogP contribution in [0.5, 0.6) is 0 Å². The van der Waals surface area contributed by atoms with Crippen molar-refractivity contribution < 1.29 is 0 Å². The average molecular weight is 142 g/mol. The van der Waals surface area contributed by atoms with Gasteiger partial charge in [0.1, 0.15) is 0 Å². The summed E-state index contributed by atoms with van der Waals surface area (Å²) in [5.41, 5.74) is 0. The summed E-state index contributed by atoms with van der Waals surface area (Å²) >= 11 is 2.10. The molecule has 1 fully saturated rings. The molecule has 1 saturated heterocycles. The number of allylic oxidation sites excluding steroid dienone is 2. The van der Waals surface area contributed by atoms with Crippen LogP contribution in [0.15, 0.2) is 12.2 Å². The second-order valence-corrected chi connectivity index (χ2v) is 3.79. The van der Waals surface area contributed by atoms with Gasteiger partial charge < -0.3 is 0 Å². The Morgan fingerprint density at radius 1 is 1.67 bits per heavy atom. The molecule has 0 amide bonds. The highest BCUT2D eigenvalue weighted by molar-refractivity contribution is 8.06. The zero-order chi connectivity index (χ0) is 6.53. The maximum absolute atomic E-state index is 2.26. The topological polar surface area (TPSA) is 0 Å². The van der Waals surface area contributed by atoms with Crippen LogP contribution in [0.1, 0.15) is 26.2 Å². The molecule has 0 saturated carbocycles. The monoisotopic (exact) mass is 142 g/mol. The van der Waals surface area contributed by atoms with Crippen LogP contribution in [-0.2, 0) is 0 Å². The fourth-order valence-electron chi connectivity index (χ4n) is 0.865. The zero-order valence-electron chi connectivity index (χ0n) is 5.97. The predicted octanol–water partition coefficient (Wildman–Crippen LogP) is 2.85. The molecule has 0 spiro atoms. The first-order chi connectivity index (χ1) is 4.43. The zero-order valence-corrected chi connectivity index (χ0v) is 6.79. The Morgan fingerprint density at radius 3 is 3.00 bits per heavy atom. The summed E-state index contributed by atoms with van der Waals surface area (Å²) in [6.45, 7) is 2.09. The van der Waals surface area contributed by atoms with E-state index >= 15 is 0 Å². The summed E-state index contributed by atoms with van der Waals surface area (Å²) in [5.74, 6) is 1.43. The van der Waals surface area contributed by atoms with Crippen molar-refractivity contribution >= 4 is 11.8 Å². The Labute approximate surface area is 61.7 Å². The molecule has 0 radical (unpaired) electrons.